The van der Waals surface area contributed by atoms with Crippen molar-refractivity contribution in [2.24, 2.45) is 5.92 Å². The first-order chi connectivity index (χ1) is 25.3. The third kappa shape index (κ3) is 9.98. The van der Waals surface area contributed by atoms with E-state index in [9.17, 15) is 10.2 Å². The van der Waals surface area contributed by atoms with Crippen molar-refractivity contribution in [3.8, 4) is 67.5 Å². The van der Waals surface area contributed by atoms with E-state index in [1.807, 2.05) is 141 Å². The summed E-state index contributed by atoms with van der Waals surface area (Å²) >= 11 is -0.826. The Labute approximate surface area is 326 Å². The number of aryl methyl sites for hydroxylation is 2. The van der Waals surface area contributed by atoms with Crippen molar-refractivity contribution in [3.05, 3.63) is 157 Å². The second kappa shape index (κ2) is 19.5. The predicted octanol–water partition coefficient (Wildman–Crippen LogP) is 12.8. The topological polar surface area (TPSA) is 58.9 Å². The van der Waals surface area contributed by atoms with E-state index in [1.54, 1.807) is 0 Å². The molecule has 264 valence electrons. The van der Waals surface area contributed by atoms with Gasteiger partial charge in [-0.05, 0) is 62.1 Å². The van der Waals surface area contributed by atoms with Crippen LogP contribution in [0.2, 0.25) is 0 Å². The molecule has 2 N–H and O–H groups in total. The molecule has 0 amide bonds. The molecule has 0 spiro atoms. The number of para-hydroxylation sites is 2. The molecule has 0 fully saturated rings. The van der Waals surface area contributed by atoms with Gasteiger partial charge in [-0.2, -0.15) is 0 Å². The Morgan fingerprint density at radius 2 is 0.981 bits per heavy atom. The van der Waals surface area contributed by atoms with Crippen LogP contribution in [0.1, 0.15) is 24.0 Å². The van der Waals surface area contributed by atoms with Gasteiger partial charge < -0.3 is 19.7 Å². The van der Waals surface area contributed by atoms with Gasteiger partial charge in [0.05, 0.1) is 13.2 Å². The molecule has 0 atom stereocenters. The fourth-order valence-electron chi connectivity index (χ4n) is 6.17. The molecule has 0 unspecified atom stereocenters. The number of hydrogen-bond acceptors (Lipinski definition) is 4. The third-order valence-electron chi connectivity index (χ3n) is 8.82. The summed E-state index contributed by atoms with van der Waals surface area (Å²) in [5.41, 5.74) is 8.73. The van der Waals surface area contributed by atoms with Crippen molar-refractivity contribution in [1.82, 2.24) is 0 Å². The van der Waals surface area contributed by atoms with Crippen molar-refractivity contribution in [1.29, 1.82) is 0 Å². The van der Waals surface area contributed by atoms with E-state index >= 15 is 0 Å². The zero-order valence-corrected chi connectivity index (χ0v) is 33.3. The second-order valence-electron chi connectivity index (χ2n) is 12.6. The van der Waals surface area contributed by atoms with Gasteiger partial charge in [0, 0.05) is 39.3 Å². The number of phenols is 2. The molecule has 0 aliphatic heterocycles. The number of aromatic hydroxyl groups is 2. The summed E-state index contributed by atoms with van der Waals surface area (Å²) in [4.78, 5) is 0. The van der Waals surface area contributed by atoms with Crippen LogP contribution in [0.5, 0.6) is 23.0 Å². The Kier molecular flexibility index (Phi) is 14.6. The molecule has 52 heavy (non-hydrogen) atoms. The first-order valence-electron chi connectivity index (χ1n) is 17.1. The Balaban J connectivity index is 0.00000168. The monoisotopic (exact) mass is 806 g/mol. The van der Waals surface area contributed by atoms with Gasteiger partial charge in [-0.3, -0.25) is 0 Å². The fraction of sp³-hybridized carbons (Fsp3) is 0.156. The summed E-state index contributed by atoms with van der Waals surface area (Å²) in [7, 11) is 9.87. The van der Waals surface area contributed by atoms with E-state index in [4.69, 9.17) is 26.5 Å². The molecule has 0 aliphatic rings. The van der Waals surface area contributed by atoms with Crippen LogP contribution in [0.3, 0.4) is 0 Å². The molecule has 7 heteroatoms. The molecular formula is C45H42Cl2O4Zr. The third-order valence-corrected chi connectivity index (χ3v) is 8.82. The van der Waals surface area contributed by atoms with E-state index in [-0.39, 0.29) is 17.4 Å². The molecule has 6 aromatic carbocycles. The Morgan fingerprint density at radius 1 is 0.577 bits per heavy atom. The molecule has 4 nitrogen and oxygen atoms in total. The van der Waals surface area contributed by atoms with Crippen LogP contribution in [0, 0.1) is 19.8 Å². The summed E-state index contributed by atoms with van der Waals surface area (Å²) in [6.07, 6.45) is 3.57. The molecule has 0 aliphatic carbocycles. The summed E-state index contributed by atoms with van der Waals surface area (Å²) in [6, 6.07) is 43.6. The van der Waals surface area contributed by atoms with Crippen LogP contribution in [-0.4, -0.2) is 23.4 Å². The Hall–Kier alpha value is -4.28. The quantitative estimate of drug-likeness (QED) is 0.114. The standard InChI is InChI=1S/C45H42O4.2ClH.Zr/c1-4-5-14-33(29-48-42-25-23-31(2)27-40(42)38-21-12-19-36(44(38)46)34-15-8-6-9-16-34)30-49-43-26-24-32(3)28-41(43)39-22-13-20-37(45(39)47)35-17-10-7-11-18-35;;;/h4,6-13,15-28,33,46-47H,1,5,14,29-30H2,2-3H3;2*1H;/q;;;+2/p-2. The van der Waals surface area contributed by atoms with Crippen molar-refractivity contribution in [3.63, 3.8) is 0 Å². The van der Waals surface area contributed by atoms with Gasteiger partial charge >= 0.3 is 37.9 Å². The Bertz CT molecular complexity index is 1930. The normalized spacial score (nSPS) is 10.6. The molecular weight excluding hydrogens is 767 g/mol. The first-order valence-corrected chi connectivity index (χ1v) is 23.5. The molecule has 0 saturated carbocycles. The SMILES string of the molecule is C=CCCC(COc1ccc(C)cc1-c1cccc(-c2ccccc2)c1O)COc1ccc(C)cc1-c1cccc(-c2ccccc2)c1O.[Cl][Zr][Cl]. The van der Waals surface area contributed by atoms with Crippen LogP contribution in [0.25, 0.3) is 44.5 Å². The predicted molar refractivity (Wildman–Crippen MR) is 213 cm³/mol. The number of hydrogen-bond donors (Lipinski definition) is 2. The minimum atomic E-state index is -0.826. The summed E-state index contributed by atoms with van der Waals surface area (Å²) in [5, 5.41) is 22.9. The zero-order valence-electron chi connectivity index (χ0n) is 29.4. The number of ether oxygens (including phenoxy) is 2. The van der Waals surface area contributed by atoms with Crippen LogP contribution >= 0.6 is 17.0 Å². The van der Waals surface area contributed by atoms with E-state index in [1.165, 1.54) is 0 Å². The molecule has 0 saturated heterocycles. The maximum absolute atomic E-state index is 11.5. The van der Waals surface area contributed by atoms with Gasteiger partial charge in [0.2, 0.25) is 0 Å². The average molecular weight is 809 g/mol. The summed E-state index contributed by atoms with van der Waals surface area (Å²) in [6.45, 7) is 8.86. The minimum absolute atomic E-state index is 0.0507. The number of rotatable bonds is 13. The van der Waals surface area contributed by atoms with Crippen molar-refractivity contribution in [2.75, 3.05) is 13.2 Å². The van der Waals surface area contributed by atoms with Crippen LogP contribution in [-0.2, 0) is 20.8 Å². The molecule has 6 rings (SSSR count). The van der Waals surface area contributed by atoms with Gasteiger partial charge in [0.1, 0.15) is 23.0 Å². The van der Waals surface area contributed by atoms with Crippen LogP contribution in [0.15, 0.2) is 146 Å². The number of halogens is 2. The maximum atomic E-state index is 11.5. The van der Waals surface area contributed by atoms with Crippen molar-refractivity contribution >= 4 is 17.0 Å². The van der Waals surface area contributed by atoms with Crippen LogP contribution in [0.4, 0.5) is 0 Å². The second-order valence-corrected chi connectivity index (χ2v) is 16.3. The number of phenolic OH excluding ortho intramolecular Hbond substituents is 2. The van der Waals surface area contributed by atoms with E-state index in [0.29, 0.717) is 24.7 Å². The van der Waals surface area contributed by atoms with Gasteiger partial charge in [0.15, 0.2) is 0 Å². The van der Waals surface area contributed by atoms with Crippen molar-refractivity contribution < 1.29 is 40.5 Å². The van der Waals surface area contributed by atoms with E-state index in [2.05, 4.69) is 18.7 Å². The fourth-order valence-corrected chi connectivity index (χ4v) is 6.17. The average Bonchev–Trinajstić information content (AvgIpc) is 3.16. The van der Waals surface area contributed by atoms with Crippen LogP contribution < -0.4 is 9.47 Å². The van der Waals surface area contributed by atoms with E-state index in [0.717, 1.165) is 68.5 Å². The molecule has 6 aromatic rings. The summed E-state index contributed by atoms with van der Waals surface area (Å²) < 4.78 is 13.1. The van der Waals surface area contributed by atoms with Gasteiger partial charge in [-0.15, -0.1) is 6.58 Å². The number of allylic oxidation sites excluding steroid dienone is 1. The number of benzene rings is 6. The van der Waals surface area contributed by atoms with Gasteiger partial charge in [-0.1, -0.05) is 126 Å². The molecule has 0 radical (unpaired) electrons. The van der Waals surface area contributed by atoms with Gasteiger partial charge in [0.25, 0.3) is 0 Å². The zero-order chi connectivity index (χ0) is 36.9. The van der Waals surface area contributed by atoms with Crippen molar-refractivity contribution in [2.45, 2.75) is 26.7 Å². The summed E-state index contributed by atoms with van der Waals surface area (Å²) in [5.74, 6) is 1.90. The Morgan fingerprint density at radius 3 is 1.38 bits per heavy atom. The van der Waals surface area contributed by atoms with E-state index < -0.39 is 20.8 Å². The molecule has 0 bridgehead atoms. The first kappa shape index (κ1) is 38.9. The molecule has 0 heterocycles. The molecule has 0 aromatic heterocycles. The van der Waals surface area contributed by atoms with Gasteiger partial charge in [-0.25, -0.2) is 0 Å².